The van der Waals surface area contributed by atoms with Crippen LogP contribution in [0.5, 0.6) is 0 Å². The van der Waals surface area contributed by atoms with Crippen LogP contribution in [-0.2, 0) is 0 Å². The van der Waals surface area contributed by atoms with E-state index < -0.39 is 0 Å². The molecule has 1 aromatic rings. The first kappa shape index (κ1) is 24.5. The summed E-state index contributed by atoms with van der Waals surface area (Å²) >= 11 is 0. The van der Waals surface area contributed by atoms with Crippen molar-refractivity contribution in [3.8, 4) is 0 Å². The first-order chi connectivity index (χ1) is 9.69. The molecule has 0 spiro atoms. The number of hydrogen-bond donors (Lipinski definition) is 0. The van der Waals surface area contributed by atoms with E-state index in [2.05, 4.69) is 51.3 Å². The Morgan fingerprint density at radius 3 is 1.76 bits per heavy atom. The third kappa shape index (κ3) is 9.90. The summed E-state index contributed by atoms with van der Waals surface area (Å²) in [6.45, 7) is 20.2. The average molecular weight is 289 g/mol. The van der Waals surface area contributed by atoms with Crippen LogP contribution in [0.2, 0.25) is 0 Å². The van der Waals surface area contributed by atoms with Crippen LogP contribution in [0.3, 0.4) is 0 Å². The lowest BCUT2D eigenvalue weighted by Crippen LogP contribution is -1.93. The van der Waals surface area contributed by atoms with Gasteiger partial charge in [-0.3, -0.25) is 0 Å². The van der Waals surface area contributed by atoms with Gasteiger partial charge in [0, 0.05) is 0 Å². The van der Waals surface area contributed by atoms with Crippen LogP contribution in [-0.4, -0.2) is 0 Å². The summed E-state index contributed by atoms with van der Waals surface area (Å²) in [4.78, 5) is 0. The number of rotatable bonds is 5. The summed E-state index contributed by atoms with van der Waals surface area (Å²) in [6, 6.07) is 10.4. The fourth-order valence-electron chi connectivity index (χ4n) is 1.80. The molecule has 21 heavy (non-hydrogen) atoms. The Kier molecular flexibility index (Phi) is 19.2. The molecule has 0 bridgehead atoms. The van der Waals surface area contributed by atoms with Gasteiger partial charge in [-0.2, -0.15) is 0 Å². The molecule has 0 nitrogen and oxygen atoms in total. The first-order valence-electron chi connectivity index (χ1n) is 7.72. The summed E-state index contributed by atoms with van der Waals surface area (Å²) in [6.07, 6.45) is 4.92. The van der Waals surface area contributed by atoms with Crippen LogP contribution >= 0.6 is 0 Å². The summed E-state index contributed by atoms with van der Waals surface area (Å²) < 4.78 is 0. The van der Waals surface area contributed by atoms with Crippen LogP contribution in [0, 0.1) is 5.92 Å². The van der Waals surface area contributed by atoms with Crippen molar-refractivity contribution in [2.75, 3.05) is 0 Å². The fraction of sp³-hybridized carbons (Fsp3) is 0.429. The van der Waals surface area contributed by atoms with E-state index in [0.29, 0.717) is 5.92 Å². The van der Waals surface area contributed by atoms with Crippen molar-refractivity contribution in [3.05, 3.63) is 66.8 Å². The second-order valence-electron chi connectivity index (χ2n) is 4.31. The Hall–Kier alpha value is -1.56. The molecule has 0 amide bonds. The van der Waals surface area contributed by atoms with Crippen molar-refractivity contribution in [1.29, 1.82) is 0 Å². The Balaban J connectivity index is -0.000000595. The summed E-state index contributed by atoms with van der Waals surface area (Å²) in [5, 5.41) is 0. The van der Waals surface area contributed by atoms with Gasteiger partial charge in [-0.05, 0) is 29.0 Å². The van der Waals surface area contributed by atoms with Crippen molar-refractivity contribution < 1.29 is 0 Å². The highest BCUT2D eigenvalue weighted by molar-refractivity contribution is 5.77. The Morgan fingerprint density at radius 2 is 1.43 bits per heavy atom. The maximum atomic E-state index is 3.91. The molecule has 0 heterocycles. The van der Waals surface area contributed by atoms with Gasteiger partial charge in [0.05, 0.1) is 0 Å². The molecule has 0 aliphatic carbocycles. The molecular formula is C21H36. The summed E-state index contributed by atoms with van der Waals surface area (Å²) in [5.74, 6) is 0.631. The first-order valence-corrected chi connectivity index (χ1v) is 7.72. The number of hydrogen-bond acceptors (Lipinski definition) is 0. The molecule has 0 atom stereocenters. The second-order valence-corrected chi connectivity index (χ2v) is 4.31. The normalized spacial score (nSPS) is 9.86. The van der Waals surface area contributed by atoms with E-state index >= 15 is 0 Å². The molecular weight excluding hydrogens is 252 g/mol. The van der Waals surface area contributed by atoms with Crippen LogP contribution in [0.4, 0.5) is 0 Å². The highest BCUT2D eigenvalue weighted by Crippen LogP contribution is 2.25. The monoisotopic (exact) mass is 288 g/mol. The third-order valence-corrected chi connectivity index (χ3v) is 2.51. The van der Waals surface area contributed by atoms with Crippen molar-refractivity contribution in [1.82, 2.24) is 0 Å². The molecule has 0 aliphatic heterocycles. The summed E-state index contributed by atoms with van der Waals surface area (Å²) in [7, 11) is 0. The molecule has 0 aromatic heterocycles. The molecule has 0 aliphatic rings. The topological polar surface area (TPSA) is 0 Å². The fourth-order valence-corrected chi connectivity index (χ4v) is 1.80. The third-order valence-electron chi connectivity index (χ3n) is 2.51. The van der Waals surface area contributed by atoms with E-state index in [4.69, 9.17) is 0 Å². The van der Waals surface area contributed by atoms with Gasteiger partial charge in [-0.25, -0.2) is 0 Å². The molecule has 0 radical (unpaired) electrons. The van der Waals surface area contributed by atoms with Crippen molar-refractivity contribution in [2.24, 2.45) is 5.92 Å². The molecule has 0 fully saturated rings. The van der Waals surface area contributed by atoms with Gasteiger partial charge in [0.1, 0.15) is 0 Å². The van der Waals surface area contributed by atoms with Gasteiger partial charge < -0.3 is 0 Å². The van der Waals surface area contributed by atoms with Gasteiger partial charge in [0.25, 0.3) is 0 Å². The molecule has 0 saturated carbocycles. The van der Waals surface area contributed by atoms with Crippen molar-refractivity contribution in [3.63, 3.8) is 0 Å². The zero-order valence-corrected chi connectivity index (χ0v) is 14.2. The van der Waals surface area contributed by atoms with E-state index in [1.165, 1.54) is 16.7 Å². The molecule has 1 aromatic carbocycles. The van der Waals surface area contributed by atoms with Gasteiger partial charge in [0.2, 0.25) is 0 Å². The van der Waals surface area contributed by atoms with E-state index in [0.717, 1.165) is 6.42 Å². The second kappa shape index (κ2) is 16.5. The highest BCUT2D eigenvalue weighted by Gasteiger charge is 2.05. The predicted molar refractivity (Wildman–Crippen MR) is 103 cm³/mol. The summed E-state index contributed by atoms with van der Waals surface area (Å²) in [5.41, 5.74) is 3.69. The predicted octanol–water partition coefficient (Wildman–Crippen LogP) is 7.55. The molecule has 0 unspecified atom stereocenters. The molecule has 0 heteroatoms. The van der Waals surface area contributed by atoms with Crippen LogP contribution in [0.15, 0.2) is 61.2 Å². The van der Waals surface area contributed by atoms with Crippen LogP contribution in [0.25, 0.3) is 5.57 Å². The van der Waals surface area contributed by atoms with Gasteiger partial charge in [-0.1, -0.05) is 105 Å². The van der Waals surface area contributed by atoms with Gasteiger partial charge >= 0.3 is 0 Å². The minimum absolute atomic E-state index is 0. The maximum Gasteiger partial charge on any atom is -0.0158 e. The highest BCUT2D eigenvalue weighted by atomic mass is 14.1. The smallest absolute Gasteiger partial charge is 0.0158 e. The minimum Gasteiger partial charge on any atom is -0.0988 e. The minimum atomic E-state index is 0. The Morgan fingerprint density at radius 1 is 0.952 bits per heavy atom. The Labute approximate surface area is 134 Å². The average Bonchev–Trinajstić information content (AvgIpc) is 2.51. The van der Waals surface area contributed by atoms with E-state index in [1.807, 2.05) is 45.9 Å². The largest absolute Gasteiger partial charge is 0.0988 e. The lowest BCUT2D eigenvalue weighted by molar-refractivity contribution is 0.651. The van der Waals surface area contributed by atoms with Crippen LogP contribution in [0.1, 0.15) is 61.0 Å². The van der Waals surface area contributed by atoms with E-state index in [-0.39, 0.29) is 7.43 Å². The molecule has 1 rings (SSSR count). The number of benzene rings is 1. The molecule has 120 valence electrons. The molecule has 0 N–H and O–H groups in total. The zero-order valence-electron chi connectivity index (χ0n) is 14.2. The lowest BCUT2D eigenvalue weighted by atomic mass is 9.94. The van der Waals surface area contributed by atoms with Gasteiger partial charge in [0.15, 0.2) is 0 Å². The van der Waals surface area contributed by atoms with E-state index in [1.54, 1.807) is 0 Å². The van der Waals surface area contributed by atoms with Crippen LogP contribution < -0.4 is 0 Å². The molecule has 0 saturated heterocycles. The van der Waals surface area contributed by atoms with E-state index in [9.17, 15) is 0 Å². The maximum absolute atomic E-state index is 3.91. The standard InChI is InChI=1S/C16H20.2C2H6.CH4/c1-5-14(12-13(3)4)16(6-2)15-10-8-7-9-11-15;2*1-2;/h5-11,13H,1-2,12H2,3-4H3;2*1-2H3;1H4/b16-14-;;;. The van der Waals surface area contributed by atoms with Gasteiger partial charge in [-0.15, -0.1) is 0 Å². The SMILES string of the molecule is C.C=C/C(CC(C)C)=C(\C=C)c1ccccc1.CC.CC. The Bertz CT molecular complexity index is 380. The lowest BCUT2D eigenvalue weighted by Gasteiger charge is -2.11. The number of allylic oxidation sites excluding steroid dienone is 4. The quantitative estimate of drug-likeness (QED) is 0.491. The van der Waals surface area contributed by atoms with Crippen molar-refractivity contribution in [2.45, 2.75) is 55.4 Å². The zero-order chi connectivity index (χ0) is 16.0. The van der Waals surface area contributed by atoms with Crippen molar-refractivity contribution >= 4 is 5.57 Å².